The van der Waals surface area contributed by atoms with Gasteiger partial charge in [-0.1, -0.05) is 26.0 Å². The van der Waals surface area contributed by atoms with E-state index in [4.69, 9.17) is 0 Å². The number of hydrogen-bond donors (Lipinski definition) is 1. The number of aromatic nitrogens is 1. The van der Waals surface area contributed by atoms with Crippen LogP contribution in [0.15, 0.2) is 46.6 Å². The molecule has 8 heteroatoms. The first kappa shape index (κ1) is 16.0. The Morgan fingerprint density at radius 1 is 1.25 bits per heavy atom. The number of phenolic OH excluding ortho intramolecular Hbond substituents is 1. The minimum Gasteiger partial charge on any atom is -0.505 e. The number of benzene rings is 2. The summed E-state index contributed by atoms with van der Waals surface area (Å²) in [5.74, 6) is 0.253. The number of non-ortho nitro benzene ring substituents is 1. The van der Waals surface area contributed by atoms with Gasteiger partial charge in [0.2, 0.25) is 0 Å². The van der Waals surface area contributed by atoms with E-state index >= 15 is 0 Å². The van der Waals surface area contributed by atoms with E-state index in [2.05, 4.69) is 14.6 Å². The molecule has 0 aliphatic rings. The van der Waals surface area contributed by atoms with Gasteiger partial charge in [-0.25, -0.2) is 0 Å². The van der Waals surface area contributed by atoms with Gasteiger partial charge in [0.1, 0.15) is 11.4 Å². The number of nitro groups is 1. The van der Waals surface area contributed by atoms with E-state index in [-0.39, 0.29) is 17.4 Å². The van der Waals surface area contributed by atoms with Crippen LogP contribution in [0.2, 0.25) is 0 Å². The van der Waals surface area contributed by atoms with E-state index in [0.717, 1.165) is 17.1 Å². The molecule has 1 N–H and O–H groups in total. The minimum absolute atomic E-state index is 0.0243. The van der Waals surface area contributed by atoms with Gasteiger partial charge in [0.05, 0.1) is 10.4 Å². The molecule has 1 aromatic heterocycles. The molecule has 3 aromatic rings. The van der Waals surface area contributed by atoms with Crippen molar-refractivity contribution in [1.82, 2.24) is 4.37 Å². The molecule has 0 amide bonds. The molecule has 0 aliphatic carbocycles. The lowest BCUT2D eigenvalue weighted by Gasteiger charge is -2.08. The predicted molar refractivity (Wildman–Crippen MR) is 92.6 cm³/mol. The summed E-state index contributed by atoms with van der Waals surface area (Å²) in [6.07, 6.45) is 0. The second-order valence-corrected chi connectivity index (χ2v) is 6.27. The SMILES string of the molecule is CC(C)c1cccc(N=Nc2snc3ccc([N+](=O)[O-])cc23)c1O. The van der Waals surface area contributed by atoms with E-state index in [0.29, 0.717) is 21.6 Å². The van der Waals surface area contributed by atoms with E-state index in [1.54, 1.807) is 18.2 Å². The Kier molecular flexibility index (Phi) is 4.22. The number of azo groups is 1. The summed E-state index contributed by atoms with van der Waals surface area (Å²) in [4.78, 5) is 10.4. The first-order valence-corrected chi connectivity index (χ1v) is 8.02. The number of phenols is 1. The lowest BCUT2D eigenvalue weighted by atomic mass is 10.0. The quantitative estimate of drug-likeness (QED) is 0.387. The number of rotatable bonds is 4. The molecule has 122 valence electrons. The summed E-state index contributed by atoms with van der Waals surface area (Å²) in [5.41, 5.74) is 1.74. The highest BCUT2D eigenvalue weighted by atomic mass is 32.1. The Morgan fingerprint density at radius 2 is 2.04 bits per heavy atom. The maximum atomic E-state index is 10.9. The van der Waals surface area contributed by atoms with Crippen LogP contribution in [0, 0.1) is 10.1 Å². The van der Waals surface area contributed by atoms with Crippen molar-refractivity contribution in [1.29, 1.82) is 0 Å². The number of nitrogens with zero attached hydrogens (tertiary/aromatic N) is 4. The third-order valence-corrected chi connectivity index (χ3v) is 4.33. The van der Waals surface area contributed by atoms with Crippen molar-refractivity contribution in [3.8, 4) is 5.75 Å². The van der Waals surface area contributed by atoms with Crippen molar-refractivity contribution < 1.29 is 10.0 Å². The Balaban J connectivity index is 2.01. The molecule has 1 heterocycles. The molecule has 7 nitrogen and oxygen atoms in total. The summed E-state index contributed by atoms with van der Waals surface area (Å²) in [6.45, 7) is 3.96. The van der Waals surface area contributed by atoms with Gasteiger partial charge in [-0.05, 0) is 35.1 Å². The molecule has 0 unspecified atom stereocenters. The highest BCUT2D eigenvalue weighted by molar-refractivity contribution is 7.11. The molecule has 24 heavy (non-hydrogen) atoms. The molecule has 0 bridgehead atoms. The number of fused-ring (bicyclic) bond motifs is 1. The molecule has 0 spiro atoms. The fourth-order valence-corrected chi connectivity index (χ4v) is 2.98. The van der Waals surface area contributed by atoms with Crippen LogP contribution >= 0.6 is 11.5 Å². The van der Waals surface area contributed by atoms with Gasteiger partial charge in [0, 0.05) is 17.5 Å². The third kappa shape index (κ3) is 2.95. The van der Waals surface area contributed by atoms with Gasteiger partial charge in [0.25, 0.3) is 5.69 Å². The van der Waals surface area contributed by atoms with Crippen LogP contribution in [0.25, 0.3) is 10.9 Å². The van der Waals surface area contributed by atoms with Crippen LogP contribution in [0.3, 0.4) is 0 Å². The van der Waals surface area contributed by atoms with Crippen molar-refractivity contribution in [2.75, 3.05) is 0 Å². The second kappa shape index (κ2) is 6.32. The summed E-state index contributed by atoms with van der Waals surface area (Å²) < 4.78 is 4.20. The van der Waals surface area contributed by atoms with Gasteiger partial charge in [-0.2, -0.15) is 4.37 Å². The Morgan fingerprint density at radius 3 is 2.75 bits per heavy atom. The van der Waals surface area contributed by atoms with Crippen LogP contribution in [-0.4, -0.2) is 14.4 Å². The molecule has 0 saturated carbocycles. The number of nitro benzene ring substituents is 1. The molecule has 0 saturated heterocycles. The summed E-state index contributed by atoms with van der Waals surface area (Å²) in [7, 11) is 0. The number of hydrogen-bond acceptors (Lipinski definition) is 7. The fourth-order valence-electron chi connectivity index (χ4n) is 2.30. The van der Waals surface area contributed by atoms with Gasteiger partial charge in [0.15, 0.2) is 5.00 Å². The van der Waals surface area contributed by atoms with E-state index in [1.807, 2.05) is 19.9 Å². The molecule has 3 rings (SSSR count). The number of para-hydroxylation sites is 1. The minimum atomic E-state index is -0.462. The predicted octanol–water partition coefficient (Wildman–Crippen LogP) is 5.45. The highest BCUT2D eigenvalue weighted by Gasteiger charge is 2.13. The van der Waals surface area contributed by atoms with Crippen molar-refractivity contribution in [3.63, 3.8) is 0 Å². The zero-order valence-corrected chi connectivity index (χ0v) is 13.8. The van der Waals surface area contributed by atoms with Gasteiger partial charge in [-0.3, -0.25) is 10.1 Å². The first-order valence-electron chi connectivity index (χ1n) is 7.25. The zero-order chi connectivity index (χ0) is 17.3. The van der Waals surface area contributed by atoms with Gasteiger partial charge in [-0.15, -0.1) is 10.2 Å². The Bertz CT molecular complexity index is 950. The molecule has 0 fully saturated rings. The summed E-state index contributed by atoms with van der Waals surface area (Å²) >= 11 is 1.10. The molecule has 0 atom stereocenters. The first-order chi connectivity index (χ1) is 11.5. The normalized spacial score (nSPS) is 11.6. The van der Waals surface area contributed by atoms with Crippen LogP contribution in [-0.2, 0) is 0 Å². The monoisotopic (exact) mass is 342 g/mol. The van der Waals surface area contributed by atoms with E-state index in [9.17, 15) is 15.2 Å². The smallest absolute Gasteiger partial charge is 0.270 e. The average molecular weight is 342 g/mol. The van der Waals surface area contributed by atoms with Crippen LogP contribution < -0.4 is 0 Å². The summed E-state index contributed by atoms with van der Waals surface area (Å²) in [5, 5.41) is 30.4. The highest BCUT2D eigenvalue weighted by Crippen LogP contribution is 2.38. The molecular formula is C16H14N4O3S. The van der Waals surface area contributed by atoms with E-state index in [1.165, 1.54) is 12.1 Å². The standard InChI is InChI=1S/C16H14N4O3S/c1-9(2)11-4-3-5-14(15(11)21)17-18-16-12-8-10(20(22)23)6-7-13(12)19-24-16/h3-9,21H,1-2H3. The lowest BCUT2D eigenvalue weighted by molar-refractivity contribution is -0.384. The van der Waals surface area contributed by atoms with E-state index < -0.39 is 4.92 Å². The van der Waals surface area contributed by atoms with Crippen LogP contribution in [0.4, 0.5) is 16.4 Å². The maximum Gasteiger partial charge on any atom is 0.270 e. The topological polar surface area (TPSA) is 101 Å². The van der Waals surface area contributed by atoms with Crippen LogP contribution in [0.5, 0.6) is 5.75 Å². The van der Waals surface area contributed by atoms with Crippen molar-refractivity contribution in [2.24, 2.45) is 10.2 Å². The van der Waals surface area contributed by atoms with Gasteiger partial charge >= 0.3 is 0 Å². The van der Waals surface area contributed by atoms with Crippen molar-refractivity contribution in [2.45, 2.75) is 19.8 Å². The second-order valence-electron chi connectivity index (χ2n) is 5.52. The van der Waals surface area contributed by atoms with Crippen LogP contribution in [0.1, 0.15) is 25.3 Å². The summed E-state index contributed by atoms with van der Waals surface area (Å²) in [6, 6.07) is 9.72. The fraction of sp³-hybridized carbons (Fsp3) is 0.188. The van der Waals surface area contributed by atoms with Gasteiger partial charge < -0.3 is 5.11 Å². The molecule has 0 radical (unpaired) electrons. The molecular weight excluding hydrogens is 328 g/mol. The third-order valence-electron chi connectivity index (χ3n) is 3.57. The Hall–Kier alpha value is -2.87. The molecule has 2 aromatic carbocycles. The largest absolute Gasteiger partial charge is 0.505 e. The van der Waals surface area contributed by atoms with Crippen molar-refractivity contribution >= 4 is 38.8 Å². The Labute approximate surface area is 141 Å². The average Bonchev–Trinajstić information content (AvgIpc) is 2.96. The van der Waals surface area contributed by atoms with Crippen molar-refractivity contribution in [3.05, 3.63) is 52.1 Å². The zero-order valence-electron chi connectivity index (χ0n) is 13.0. The number of aromatic hydroxyl groups is 1. The molecule has 0 aliphatic heterocycles. The lowest BCUT2D eigenvalue weighted by Crippen LogP contribution is -1.87. The maximum absolute atomic E-state index is 10.9.